The molecule has 4 rings (SSSR count). The van der Waals surface area contributed by atoms with E-state index >= 15 is 0 Å². The largest absolute Gasteiger partial charge is 0.493 e. The fraction of sp³-hybridized carbons (Fsp3) is 0.364. The van der Waals surface area contributed by atoms with E-state index in [1.165, 1.54) is 0 Å². The molecule has 1 fully saturated rings. The lowest BCUT2D eigenvalue weighted by Gasteiger charge is -2.26. The number of nitrogens with two attached hydrogens (primary N) is 2. The topological polar surface area (TPSA) is 134 Å². The van der Waals surface area contributed by atoms with Gasteiger partial charge in [-0.15, -0.1) is 5.10 Å². The molecule has 0 amide bonds. The Morgan fingerprint density at radius 3 is 2.34 bits per heavy atom. The monoisotopic (exact) mass is 439 g/mol. The first-order valence-corrected chi connectivity index (χ1v) is 10.5. The summed E-state index contributed by atoms with van der Waals surface area (Å²) in [6.07, 6.45) is 1.97. The van der Waals surface area contributed by atoms with Gasteiger partial charge < -0.3 is 36.3 Å². The first-order valence-electron chi connectivity index (χ1n) is 10.5. The fourth-order valence-corrected chi connectivity index (χ4v) is 3.62. The molecule has 32 heavy (non-hydrogen) atoms. The van der Waals surface area contributed by atoms with Crippen LogP contribution >= 0.6 is 0 Å². The average molecular weight is 440 g/mol. The lowest BCUT2D eigenvalue weighted by molar-refractivity contribution is 0.151. The van der Waals surface area contributed by atoms with E-state index in [1.807, 2.05) is 36.4 Å². The van der Waals surface area contributed by atoms with Crippen LogP contribution in [0.4, 0.5) is 17.6 Å². The van der Waals surface area contributed by atoms with Crippen molar-refractivity contribution in [1.29, 1.82) is 0 Å². The van der Waals surface area contributed by atoms with Crippen molar-refractivity contribution < 1.29 is 14.2 Å². The molecule has 10 heteroatoms. The Labute approximate surface area is 186 Å². The van der Waals surface area contributed by atoms with Crippen molar-refractivity contribution in [3.63, 3.8) is 0 Å². The summed E-state index contributed by atoms with van der Waals surface area (Å²) in [5, 5.41) is 11.0. The minimum absolute atomic E-state index is 0.112. The minimum atomic E-state index is 0.112. The zero-order valence-corrected chi connectivity index (χ0v) is 18.3. The van der Waals surface area contributed by atoms with Crippen LogP contribution in [0.25, 0.3) is 5.69 Å². The maximum absolute atomic E-state index is 6.22. The van der Waals surface area contributed by atoms with Gasteiger partial charge in [0.2, 0.25) is 17.6 Å². The second-order valence-electron chi connectivity index (χ2n) is 7.48. The predicted octanol–water partition coefficient (Wildman–Crippen LogP) is 2.20. The third kappa shape index (κ3) is 4.71. The maximum Gasteiger partial charge on any atom is 0.248 e. The summed E-state index contributed by atoms with van der Waals surface area (Å²) in [7, 11) is 3.20. The average Bonchev–Trinajstić information content (AvgIpc) is 3.20. The van der Waals surface area contributed by atoms with Crippen molar-refractivity contribution in [1.82, 2.24) is 20.1 Å². The van der Waals surface area contributed by atoms with Crippen LogP contribution in [0.1, 0.15) is 18.4 Å². The molecule has 0 saturated carbocycles. The van der Waals surface area contributed by atoms with Gasteiger partial charge in [0.1, 0.15) is 6.10 Å². The molecule has 170 valence electrons. The number of nitrogens with one attached hydrogen (secondary N) is 2. The van der Waals surface area contributed by atoms with Crippen molar-refractivity contribution in [2.45, 2.75) is 25.5 Å². The Bertz CT molecular complexity index is 1020. The van der Waals surface area contributed by atoms with Gasteiger partial charge in [-0.2, -0.15) is 9.67 Å². The Hall–Kier alpha value is -3.50. The van der Waals surface area contributed by atoms with Crippen molar-refractivity contribution in [3.05, 3.63) is 42.0 Å². The normalized spacial score (nSPS) is 14.2. The van der Waals surface area contributed by atoms with Crippen molar-refractivity contribution in [2.75, 3.05) is 38.4 Å². The van der Waals surface area contributed by atoms with Crippen LogP contribution in [-0.4, -0.2) is 48.2 Å². The minimum Gasteiger partial charge on any atom is -0.493 e. The SMILES string of the molecule is COc1cc(Nc2nc(N)n(-c3ccc(CN)cc3)n2)cc(OC)c1OC1CCNCC1. The Balaban J connectivity index is 1.57. The lowest BCUT2D eigenvalue weighted by Crippen LogP contribution is -2.34. The van der Waals surface area contributed by atoms with Crippen LogP contribution < -0.4 is 36.3 Å². The van der Waals surface area contributed by atoms with E-state index in [-0.39, 0.29) is 12.1 Å². The van der Waals surface area contributed by atoms with Crippen LogP contribution in [-0.2, 0) is 6.54 Å². The number of hydrogen-bond donors (Lipinski definition) is 4. The van der Waals surface area contributed by atoms with Gasteiger partial charge in [-0.1, -0.05) is 12.1 Å². The van der Waals surface area contributed by atoms with Crippen LogP contribution in [0.5, 0.6) is 17.2 Å². The molecule has 0 bridgehead atoms. The molecule has 2 heterocycles. The summed E-state index contributed by atoms with van der Waals surface area (Å²) in [6.45, 7) is 2.33. The zero-order valence-electron chi connectivity index (χ0n) is 18.3. The van der Waals surface area contributed by atoms with E-state index in [2.05, 4.69) is 20.7 Å². The first-order chi connectivity index (χ1) is 15.6. The third-order valence-electron chi connectivity index (χ3n) is 5.34. The number of nitrogen functional groups attached to an aromatic ring is 1. The molecule has 6 N–H and O–H groups in total. The fourth-order valence-electron chi connectivity index (χ4n) is 3.62. The van der Waals surface area contributed by atoms with Crippen LogP contribution in [0.15, 0.2) is 36.4 Å². The molecule has 3 aromatic rings. The van der Waals surface area contributed by atoms with Gasteiger partial charge in [-0.05, 0) is 43.6 Å². The summed E-state index contributed by atoms with van der Waals surface area (Å²) < 4.78 is 19.0. The molecule has 0 atom stereocenters. The second-order valence-corrected chi connectivity index (χ2v) is 7.48. The van der Waals surface area contributed by atoms with Gasteiger partial charge in [0, 0.05) is 24.4 Å². The predicted molar refractivity (Wildman–Crippen MR) is 123 cm³/mol. The van der Waals surface area contributed by atoms with Crippen LogP contribution in [0.2, 0.25) is 0 Å². The summed E-state index contributed by atoms with van der Waals surface area (Å²) in [5.74, 6) is 2.33. The van der Waals surface area contributed by atoms with Crippen molar-refractivity contribution in [3.8, 4) is 22.9 Å². The van der Waals surface area contributed by atoms with E-state index in [4.69, 9.17) is 25.7 Å². The van der Waals surface area contributed by atoms with Crippen LogP contribution in [0, 0.1) is 0 Å². The molecular weight excluding hydrogens is 410 g/mol. The molecule has 2 aromatic carbocycles. The summed E-state index contributed by atoms with van der Waals surface area (Å²) in [6, 6.07) is 11.3. The van der Waals surface area contributed by atoms with Gasteiger partial charge in [0.25, 0.3) is 0 Å². The Morgan fingerprint density at radius 1 is 1.09 bits per heavy atom. The highest BCUT2D eigenvalue weighted by Crippen LogP contribution is 2.42. The molecule has 1 aromatic heterocycles. The van der Waals surface area contributed by atoms with Crippen molar-refractivity contribution >= 4 is 17.6 Å². The highest BCUT2D eigenvalue weighted by Gasteiger charge is 2.21. The van der Waals surface area contributed by atoms with Crippen LogP contribution in [0.3, 0.4) is 0 Å². The second kappa shape index (κ2) is 9.75. The van der Waals surface area contributed by atoms with Gasteiger partial charge in [0.05, 0.1) is 19.9 Å². The Kier molecular flexibility index (Phi) is 6.62. The Morgan fingerprint density at radius 2 is 1.75 bits per heavy atom. The summed E-state index contributed by atoms with van der Waals surface area (Å²) in [5.41, 5.74) is 14.3. The number of methoxy groups -OCH3 is 2. The zero-order chi connectivity index (χ0) is 22.5. The first kappa shape index (κ1) is 21.7. The van der Waals surface area contributed by atoms with Crippen molar-refractivity contribution in [2.24, 2.45) is 5.73 Å². The number of aromatic nitrogens is 3. The number of piperidine rings is 1. The third-order valence-corrected chi connectivity index (χ3v) is 5.34. The van der Waals surface area contributed by atoms with E-state index < -0.39 is 0 Å². The van der Waals surface area contributed by atoms with E-state index in [0.717, 1.165) is 37.2 Å². The number of anilines is 3. The molecule has 0 aliphatic carbocycles. The molecule has 1 saturated heterocycles. The molecule has 1 aliphatic rings. The number of nitrogens with zero attached hydrogens (tertiary/aromatic N) is 3. The molecule has 10 nitrogen and oxygen atoms in total. The highest BCUT2D eigenvalue weighted by atomic mass is 16.5. The molecule has 0 unspecified atom stereocenters. The smallest absolute Gasteiger partial charge is 0.248 e. The van der Waals surface area contributed by atoms with E-state index in [1.54, 1.807) is 18.9 Å². The van der Waals surface area contributed by atoms with Gasteiger partial charge >= 0.3 is 0 Å². The standard InChI is InChI=1S/C22H29N7O3/c1-30-18-11-15(12-19(31-2)20(18)32-17-7-9-25-10-8-17)26-22-27-21(24)29(28-22)16-5-3-14(13-23)4-6-16/h3-6,11-12,17,25H,7-10,13,23H2,1-2H3,(H3,24,26,27,28). The summed E-state index contributed by atoms with van der Waals surface area (Å²) in [4.78, 5) is 4.33. The van der Waals surface area contributed by atoms with Gasteiger partial charge in [-0.3, -0.25) is 0 Å². The lowest BCUT2D eigenvalue weighted by atomic mass is 10.1. The van der Waals surface area contributed by atoms with E-state index in [9.17, 15) is 0 Å². The van der Waals surface area contributed by atoms with Gasteiger partial charge in [-0.25, -0.2) is 0 Å². The van der Waals surface area contributed by atoms with Gasteiger partial charge in [0.15, 0.2) is 11.5 Å². The van der Waals surface area contributed by atoms with E-state index in [0.29, 0.717) is 35.4 Å². The molecule has 0 radical (unpaired) electrons. The number of hydrogen-bond acceptors (Lipinski definition) is 9. The number of ether oxygens (including phenoxy) is 3. The highest BCUT2D eigenvalue weighted by molar-refractivity contribution is 5.66. The maximum atomic E-state index is 6.22. The molecule has 1 aliphatic heterocycles. The number of benzene rings is 2. The molecule has 0 spiro atoms. The summed E-state index contributed by atoms with van der Waals surface area (Å²) >= 11 is 0. The quantitative estimate of drug-likeness (QED) is 0.416. The number of rotatable bonds is 8. The molecular formula is C22H29N7O3.